The number of thiophene rings is 1. The van der Waals surface area contributed by atoms with Crippen LogP contribution >= 0.6 is 22.9 Å². The molecule has 2 atom stereocenters. The number of rotatable bonds is 7. The Morgan fingerprint density at radius 2 is 2.06 bits per heavy atom. The zero-order valence-corrected chi connectivity index (χ0v) is 12.6. The fourth-order valence-electron chi connectivity index (χ4n) is 1.64. The molecule has 0 spiro atoms. The lowest BCUT2D eigenvalue weighted by Gasteiger charge is -2.25. The first-order valence-corrected chi connectivity index (χ1v) is 7.33. The highest BCUT2D eigenvalue weighted by atomic mass is 35.5. The van der Waals surface area contributed by atoms with Gasteiger partial charge in [0.15, 0.2) is 0 Å². The minimum absolute atomic E-state index is 0.320. The van der Waals surface area contributed by atoms with Gasteiger partial charge in [0.2, 0.25) is 0 Å². The summed E-state index contributed by atoms with van der Waals surface area (Å²) in [4.78, 5) is 1.28. The average Bonchev–Trinajstić information content (AvgIpc) is 2.70. The molecule has 1 aromatic rings. The Labute approximate surface area is 113 Å². The maximum atomic E-state index is 5.95. The molecule has 0 saturated heterocycles. The van der Waals surface area contributed by atoms with Crippen molar-refractivity contribution in [2.45, 2.75) is 39.8 Å². The summed E-state index contributed by atoms with van der Waals surface area (Å²) in [5.74, 6) is 0.555. The molecule has 0 aliphatic heterocycles. The van der Waals surface area contributed by atoms with Crippen LogP contribution in [0.15, 0.2) is 12.1 Å². The standard InChI is InChI=1S/C13H22ClNOS/c1-5-16-8-11(9(2)3)15-10(4)12-6-7-13(14)17-12/h6-7,9-11,15H,5,8H2,1-4H3. The Bertz CT molecular complexity index is 327. The van der Waals surface area contributed by atoms with Crippen molar-refractivity contribution in [2.24, 2.45) is 5.92 Å². The third kappa shape index (κ3) is 4.96. The van der Waals surface area contributed by atoms with E-state index in [1.165, 1.54) is 4.88 Å². The monoisotopic (exact) mass is 275 g/mol. The van der Waals surface area contributed by atoms with Crippen LogP contribution in [-0.2, 0) is 4.74 Å². The maximum Gasteiger partial charge on any atom is 0.0931 e. The van der Waals surface area contributed by atoms with Crippen molar-refractivity contribution in [3.63, 3.8) is 0 Å². The summed E-state index contributed by atoms with van der Waals surface area (Å²) in [6, 6.07) is 4.74. The highest BCUT2D eigenvalue weighted by Crippen LogP contribution is 2.27. The lowest BCUT2D eigenvalue weighted by Crippen LogP contribution is -2.39. The molecule has 0 aromatic carbocycles. The molecule has 1 N–H and O–H groups in total. The summed E-state index contributed by atoms with van der Waals surface area (Å²) in [7, 11) is 0. The first-order chi connectivity index (χ1) is 8.04. The molecule has 17 heavy (non-hydrogen) atoms. The number of halogens is 1. The van der Waals surface area contributed by atoms with Gasteiger partial charge in [-0.1, -0.05) is 25.4 Å². The summed E-state index contributed by atoms with van der Waals surface area (Å²) < 4.78 is 6.36. The summed E-state index contributed by atoms with van der Waals surface area (Å²) in [5, 5.41) is 3.61. The molecule has 1 rings (SSSR count). The Morgan fingerprint density at radius 3 is 2.53 bits per heavy atom. The quantitative estimate of drug-likeness (QED) is 0.808. The van der Waals surface area contributed by atoms with Gasteiger partial charge in [0, 0.05) is 23.6 Å². The molecule has 4 heteroatoms. The van der Waals surface area contributed by atoms with Crippen LogP contribution in [0.1, 0.15) is 38.6 Å². The van der Waals surface area contributed by atoms with Crippen molar-refractivity contribution in [3.8, 4) is 0 Å². The topological polar surface area (TPSA) is 21.3 Å². The van der Waals surface area contributed by atoms with Gasteiger partial charge < -0.3 is 10.1 Å². The smallest absolute Gasteiger partial charge is 0.0931 e. The van der Waals surface area contributed by atoms with E-state index in [0.29, 0.717) is 18.0 Å². The Balaban J connectivity index is 2.54. The molecule has 0 aliphatic rings. The fraction of sp³-hybridized carbons (Fsp3) is 0.692. The van der Waals surface area contributed by atoms with Crippen molar-refractivity contribution in [1.29, 1.82) is 0 Å². The van der Waals surface area contributed by atoms with Crippen LogP contribution in [-0.4, -0.2) is 19.3 Å². The Hall–Kier alpha value is -0.0900. The van der Waals surface area contributed by atoms with Crippen LogP contribution in [0.5, 0.6) is 0 Å². The van der Waals surface area contributed by atoms with E-state index in [1.54, 1.807) is 11.3 Å². The van der Waals surface area contributed by atoms with Gasteiger partial charge in [-0.25, -0.2) is 0 Å². The van der Waals surface area contributed by atoms with Crippen molar-refractivity contribution in [2.75, 3.05) is 13.2 Å². The molecule has 0 fully saturated rings. The van der Waals surface area contributed by atoms with E-state index in [4.69, 9.17) is 16.3 Å². The minimum Gasteiger partial charge on any atom is -0.380 e. The molecule has 2 unspecified atom stereocenters. The van der Waals surface area contributed by atoms with Crippen LogP contribution < -0.4 is 5.32 Å². The van der Waals surface area contributed by atoms with Gasteiger partial charge in [-0.3, -0.25) is 0 Å². The van der Waals surface area contributed by atoms with Crippen molar-refractivity contribution in [1.82, 2.24) is 5.32 Å². The lowest BCUT2D eigenvalue weighted by molar-refractivity contribution is 0.104. The number of ether oxygens (including phenoxy) is 1. The zero-order valence-electron chi connectivity index (χ0n) is 11.0. The summed E-state index contributed by atoms with van der Waals surface area (Å²) in [6.45, 7) is 10.2. The molecule has 0 aliphatic carbocycles. The van der Waals surface area contributed by atoms with Crippen LogP contribution in [0.3, 0.4) is 0 Å². The summed E-state index contributed by atoms with van der Waals surface area (Å²) in [6.07, 6.45) is 0. The van der Waals surface area contributed by atoms with Gasteiger partial charge in [0.25, 0.3) is 0 Å². The molecule has 1 heterocycles. The van der Waals surface area contributed by atoms with Crippen molar-refractivity contribution in [3.05, 3.63) is 21.3 Å². The minimum atomic E-state index is 0.320. The average molecular weight is 276 g/mol. The lowest BCUT2D eigenvalue weighted by atomic mass is 10.0. The second-order valence-corrected chi connectivity index (χ2v) is 6.29. The third-order valence-electron chi connectivity index (χ3n) is 2.79. The van der Waals surface area contributed by atoms with E-state index < -0.39 is 0 Å². The van der Waals surface area contributed by atoms with E-state index >= 15 is 0 Å². The molecule has 1 aromatic heterocycles. The predicted octanol–water partition coefficient (Wildman–Crippen LogP) is 4.11. The van der Waals surface area contributed by atoms with Crippen molar-refractivity contribution >= 4 is 22.9 Å². The second-order valence-electron chi connectivity index (χ2n) is 4.54. The van der Waals surface area contributed by atoms with Gasteiger partial charge in [-0.2, -0.15) is 0 Å². The summed E-state index contributed by atoms with van der Waals surface area (Å²) in [5.41, 5.74) is 0. The summed E-state index contributed by atoms with van der Waals surface area (Å²) >= 11 is 7.59. The van der Waals surface area contributed by atoms with Crippen LogP contribution in [0.4, 0.5) is 0 Å². The van der Waals surface area contributed by atoms with Gasteiger partial charge >= 0.3 is 0 Å². The Morgan fingerprint density at radius 1 is 1.35 bits per heavy atom. The first kappa shape index (κ1) is 15.0. The van der Waals surface area contributed by atoms with E-state index in [9.17, 15) is 0 Å². The molecule has 0 amide bonds. The third-order valence-corrected chi connectivity index (χ3v) is 4.20. The second kappa shape index (κ2) is 7.37. The van der Waals surface area contributed by atoms with Gasteiger partial charge in [0.1, 0.15) is 0 Å². The predicted molar refractivity (Wildman–Crippen MR) is 76.0 cm³/mol. The highest BCUT2D eigenvalue weighted by molar-refractivity contribution is 7.16. The zero-order chi connectivity index (χ0) is 12.8. The highest BCUT2D eigenvalue weighted by Gasteiger charge is 2.17. The largest absolute Gasteiger partial charge is 0.380 e. The van der Waals surface area contributed by atoms with Gasteiger partial charge in [0.05, 0.1) is 10.9 Å². The van der Waals surface area contributed by atoms with Gasteiger partial charge in [-0.05, 0) is 31.9 Å². The molecule has 0 radical (unpaired) electrons. The number of hydrogen-bond donors (Lipinski definition) is 1. The molecule has 0 bridgehead atoms. The fourth-order valence-corrected chi connectivity index (χ4v) is 2.71. The van der Waals surface area contributed by atoms with Gasteiger partial charge in [-0.15, -0.1) is 11.3 Å². The van der Waals surface area contributed by atoms with E-state index in [-0.39, 0.29) is 0 Å². The van der Waals surface area contributed by atoms with Crippen LogP contribution in [0.25, 0.3) is 0 Å². The first-order valence-electron chi connectivity index (χ1n) is 6.13. The number of hydrogen-bond acceptors (Lipinski definition) is 3. The maximum absolute atomic E-state index is 5.95. The Kier molecular flexibility index (Phi) is 6.49. The van der Waals surface area contributed by atoms with Crippen LogP contribution in [0.2, 0.25) is 4.34 Å². The molecule has 0 saturated carbocycles. The van der Waals surface area contributed by atoms with E-state index in [1.807, 2.05) is 13.0 Å². The normalized spacial score (nSPS) is 15.2. The molecular formula is C13H22ClNOS. The molecule has 98 valence electrons. The molecular weight excluding hydrogens is 254 g/mol. The molecule has 2 nitrogen and oxygen atoms in total. The van der Waals surface area contributed by atoms with Crippen molar-refractivity contribution < 1.29 is 4.74 Å². The SMILES string of the molecule is CCOCC(NC(C)c1ccc(Cl)s1)C(C)C. The van der Waals surface area contributed by atoms with E-state index in [0.717, 1.165) is 17.6 Å². The number of nitrogens with one attached hydrogen (secondary N) is 1. The van der Waals surface area contributed by atoms with Crippen LogP contribution in [0, 0.1) is 5.92 Å². The van der Waals surface area contributed by atoms with E-state index in [2.05, 4.69) is 32.2 Å².